The molecule has 0 spiro atoms. The Morgan fingerprint density at radius 1 is 0.900 bits per heavy atom. The van der Waals surface area contributed by atoms with E-state index in [9.17, 15) is 0 Å². The van der Waals surface area contributed by atoms with Crippen molar-refractivity contribution in [3.63, 3.8) is 0 Å². The average molecular weight is 404 g/mol. The molecule has 2 aromatic carbocycles. The molecule has 158 valence electrons. The monoisotopic (exact) mass is 403 g/mol. The van der Waals surface area contributed by atoms with E-state index in [0.29, 0.717) is 0 Å². The summed E-state index contributed by atoms with van der Waals surface area (Å²) >= 11 is 0. The van der Waals surface area contributed by atoms with E-state index >= 15 is 0 Å². The molecule has 2 heterocycles. The molecule has 1 aliphatic heterocycles. The Morgan fingerprint density at radius 2 is 1.53 bits per heavy atom. The zero-order valence-corrected chi connectivity index (χ0v) is 18.3. The van der Waals surface area contributed by atoms with E-state index in [2.05, 4.69) is 88.2 Å². The first-order valence-corrected chi connectivity index (χ1v) is 11.0. The first-order valence-electron chi connectivity index (χ1n) is 11.0. The predicted molar refractivity (Wildman–Crippen MR) is 121 cm³/mol. The minimum Gasteiger partial charge on any atom is -0.384 e. The summed E-state index contributed by atoms with van der Waals surface area (Å²) in [5.74, 6) is 1.09. The Balaban J connectivity index is 1.41. The van der Waals surface area contributed by atoms with Crippen molar-refractivity contribution in [2.45, 2.75) is 39.3 Å². The highest BCUT2D eigenvalue weighted by Gasteiger charge is 2.35. The number of hydrogen-bond acceptors (Lipinski definition) is 3. The van der Waals surface area contributed by atoms with Gasteiger partial charge in [0.25, 0.3) is 0 Å². The number of piperidine rings is 1. The second kappa shape index (κ2) is 9.59. The summed E-state index contributed by atoms with van der Waals surface area (Å²) < 4.78 is 8.02. The largest absolute Gasteiger partial charge is 0.384 e. The van der Waals surface area contributed by atoms with Gasteiger partial charge >= 0.3 is 0 Å². The lowest BCUT2D eigenvalue weighted by molar-refractivity contribution is 0.0189. The van der Waals surface area contributed by atoms with Crippen LogP contribution in [-0.4, -0.2) is 41.3 Å². The molecule has 0 bridgehead atoms. The number of hydrogen-bond donors (Lipinski definition) is 0. The van der Waals surface area contributed by atoms with Crippen LogP contribution in [0.3, 0.4) is 0 Å². The molecule has 4 rings (SSSR count). The summed E-state index contributed by atoms with van der Waals surface area (Å²) in [5, 5.41) is 0. The SMILES string of the molecule is COCC1(Cc2ccccc2)CCN(Cc2cnc(C)n2Cc2ccccc2)CC1. The Morgan fingerprint density at radius 3 is 2.17 bits per heavy atom. The minimum absolute atomic E-state index is 0.243. The zero-order valence-electron chi connectivity index (χ0n) is 18.3. The van der Waals surface area contributed by atoms with Crippen LogP contribution in [0.2, 0.25) is 0 Å². The maximum Gasteiger partial charge on any atom is 0.106 e. The van der Waals surface area contributed by atoms with E-state index < -0.39 is 0 Å². The van der Waals surface area contributed by atoms with Crippen LogP contribution in [0.5, 0.6) is 0 Å². The van der Waals surface area contributed by atoms with Gasteiger partial charge in [-0.25, -0.2) is 4.98 Å². The molecular weight excluding hydrogens is 370 g/mol. The Bertz CT molecular complexity index is 912. The number of likely N-dealkylation sites (tertiary alicyclic amines) is 1. The van der Waals surface area contributed by atoms with E-state index in [1.165, 1.54) is 29.7 Å². The molecule has 0 unspecified atom stereocenters. The first kappa shape index (κ1) is 20.8. The van der Waals surface area contributed by atoms with Crippen molar-refractivity contribution in [1.82, 2.24) is 14.5 Å². The van der Waals surface area contributed by atoms with Crippen LogP contribution >= 0.6 is 0 Å². The van der Waals surface area contributed by atoms with E-state index in [4.69, 9.17) is 4.74 Å². The molecule has 0 atom stereocenters. The number of ether oxygens (including phenoxy) is 1. The quantitative estimate of drug-likeness (QED) is 0.546. The summed E-state index contributed by atoms with van der Waals surface area (Å²) in [6.07, 6.45) is 5.49. The van der Waals surface area contributed by atoms with Gasteiger partial charge in [0.15, 0.2) is 0 Å². The van der Waals surface area contributed by atoms with Crippen molar-refractivity contribution in [2.24, 2.45) is 5.41 Å². The Labute approximate surface area is 180 Å². The van der Waals surface area contributed by atoms with Crippen molar-refractivity contribution in [2.75, 3.05) is 26.8 Å². The second-order valence-electron chi connectivity index (χ2n) is 8.74. The van der Waals surface area contributed by atoms with Crippen LogP contribution in [0.4, 0.5) is 0 Å². The van der Waals surface area contributed by atoms with Crippen molar-refractivity contribution < 1.29 is 4.74 Å². The van der Waals surface area contributed by atoms with Crippen molar-refractivity contribution >= 4 is 0 Å². The van der Waals surface area contributed by atoms with E-state index in [-0.39, 0.29) is 5.41 Å². The maximum atomic E-state index is 5.67. The van der Waals surface area contributed by atoms with E-state index in [0.717, 1.165) is 45.0 Å². The van der Waals surface area contributed by atoms with Gasteiger partial charge in [0.2, 0.25) is 0 Å². The minimum atomic E-state index is 0.243. The summed E-state index contributed by atoms with van der Waals surface area (Å²) in [5.41, 5.74) is 4.28. The van der Waals surface area contributed by atoms with Crippen LogP contribution in [0.25, 0.3) is 0 Å². The average Bonchev–Trinajstić information content (AvgIpc) is 3.11. The molecule has 4 nitrogen and oxygen atoms in total. The number of aromatic nitrogens is 2. The predicted octanol–water partition coefficient (Wildman–Crippen LogP) is 4.71. The highest BCUT2D eigenvalue weighted by Crippen LogP contribution is 2.36. The van der Waals surface area contributed by atoms with Crippen LogP contribution in [-0.2, 0) is 24.2 Å². The van der Waals surface area contributed by atoms with Gasteiger partial charge < -0.3 is 9.30 Å². The molecule has 1 aromatic heterocycles. The normalized spacial score (nSPS) is 16.6. The smallest absolute Gasteiger partial charge is 0.106 e. The summed E-state index contributed by atoms with van der Waals surface area (Å²) in [6.45, 7) is 6.99. The second-order valence-corrected chi connectivity index (χ2v) is 8.74. The molecular formula is C26H33N3O. The van der Waals surface area contributed by atoms with Crippen LogP contribution in [0.1, 0.15) is 35.5 Å². The Hall–Kier alpha value is -2.43. The third kappa shape index (κ3) is 5.00. The van der Waals surface area contributed by atoms with E-state index in [1.807, 2.05) is 7.11 Å². The number of imidazole rings is 1. The van der Waals surface area contributed by atoms with Crippen LogP contribution in [0.15, 0.2) is 66.9 Å². The molecule has 4 heteroatoms. The van der Waals surface area contributed by atoms with Crippen molar-refractivity contribution in [1.29, 1.82) is 0 Å². The van der Waals surface area contributed by atoms with Gasteiger partial charge in [-0.05, 0) is 50.4 Å². The van der Waals surface area contributed by atoms with Gasteiger partial charge in [-0.2, -0.15) is 0 Å². The number of methoxy groups -OCH3 is 1. The van der Waals surface area contributed by atoms with Gasteiger partial charge in [0.05, 0.1) is 12.3 Å². The molecule has 1 saturated heterocycles. The summed E-state index contributed by atoms with van der Waals surface area (Å²) in [7, 11) is 1.84. The highest BCUT2D eigenvalue weighted by molar-refractivity contribution is 5.19. The van der Waals surface area contributed by atoms with Crippen LogP contribution in [0, 0.1) is 12.3 Å². The molecule has 3 aromatic rings. The molecule has 30 heavy (non-hydrogen) atoms. The highest BCUT2D eigenvalue weighted by atomic mass is 16.5. The van der Waals surface area contributed by atoms with Gasteiger partial charge in [0, 0.05) is 31.8 Å². The number of aryl methyl sites for hydroxylation is 1. The standard InChI is InChI=1S/C26H33N3O/c1-22-27-18-25(29(22)19-24-11-7-4-8-12-24)20-28-15-13-26(14-16-28,21-30-2)17-23-9-5-3-6-10-23/h3-12,18H,13-17,19-21H2,1-2H3. The van der Waals surface area contributed by atoms with E-state index in [1.54, 1.807) is 0 Å². The summed E-state index contributed by atoms with van der Waals surface area (Å²) in [4.78, 5) is 7.19. The zero-order chi connectivity index (χ0) is 20.8. The fraction of sp³-hybridized carbons (Fsp3) is 0.423. The van der Waals surface area contributed by atoms with Gasteiger partial charge in [-0.15, -0.1) is 0 Å². The molecule has 0 N–H and O–H groups in total. The van der Waals surface area contributed by atoms with Gasteiger partial charge in [-0.3, -0.25) is 4.90 Å². The molecule has 0 aliphatic carbocycles. The molecule has 1 fully saturated rings. The van der Waals surface area contributed by atoms with Crippen molar-refractivity contribution in [3.05, 3.63) is 89.5 Å². The third-order valence-electron chi connectivity index (χ3n) is 6.50. The molecule has 0 saturated carbocycles. The summed E-state index contributed by atoms with van der Waals surface area (Å²) in [6, 6.07) is 21.5. The lowest BCUT2D eigenvalue weighted by atomic mass is 9.74. The fourth-order valence-electron chi connectivity index (χ4n) is 4.75. The third-order valence-corrected chi connectivity index (χ3v) is 6.50. The maximum absolute atomic E-state index is 5.67. The molecule has 1 aliphatic rings. The Kier molecular flexibility index (Phi) is 6.66. The molecule has 0 radical (unpaired) electrons. The molecule has 0 amide bonds. The fourth-order valence-corrected chi connectivity index (χ4v) is 4.75. The number of benzene rings is 2. The van der Waals surface area contributed by atoms with Crippen molar-refractivity contribution in [3.8, 4) is 0 Å². The first-order chi connectivity index (χ1) is 14.7. The van der Waals surface area contributed by atoms with Crippen LogP contribution < -0.4 is 0 Å². The topological polar surface area (TPSA) is 30.3 Å². The van der Waals surface area contributed by atoms with Gasteiger partial charge in [0.1, 0.15) is 5.82 Å². The lowest BCUT2D eigenvalue weighted by Gasteiger charge is -2.41. The van der Waals surface area contributed by atoms with Gasteiger partial charge in [-0.1, -0.05) is 60.7 Å². The number of rotatable bonds is 8. The lowest BCUT2D eigenvalue weighted by Crippen LogP contribution is -2.43. The number of nitrogens with zero attached hydrogens (tertiary/aromatic N) is 3.